The highest BCUT2D eigenvalue weighted by molar-refractivity contribution is 9.10. The fourth-order valence-electron chi connectivity index (χ4n) is 2.06. The van der Waals surface area contributed by atoms with E-state index in [0.29, 0.717) is 10.2 Å². The number of carbonyl (C=O) groups excluding carboxylic acids is 1. The van der Waals surface area contributed by atoms with Gasteiger partial charge < -0.3 is 10.5 Å². The van der Waals surface area contributed by atoms with Gasteiger partial charge in [0, 0.05) is 10.0 Å². The third-order valence-corrected chi connectivity index (χ3v) is 3.70. The Morgan fingerprint density at radius 3 is 2.39 bits per heavy atom. The molecule has 2 aromatic rings. The third-order valence-electron chi connectivity index (χ3n) is 3.17. The number of nitrogens with zero attached hydrogens (tertiary/aromatic N) is 3. The molecule has 0 saturated heterocycles. The number of nitriles is 1. The van der Waals surface area contributed by atoms with E-state index in [1.165, 1.54) is 0 Å². The molecule has 2 atom stereocenters. The van der Waals surface area contributed by atoms with E-state index in [1.807, 2.05) is 0 Å². The maximum absolute atomic E-state index is 13.6. The summed E-state index contributed by atoms with van der Waals surface area (Å²) in [6, 6.07) is 6.11. The lowest BCUT2D eigenvalue weighted by Crippen LogP contribution is -2.30. The summed E-state index contributed by atoms with van der Waals surface area (Å²) >= 11 is 3.24. The molecule has 0 saturated carbocycles. The van der Waals surface area contributed by atoms with Gasteiger partial charge >= 0.3 is 0 Å². The minimum absolute atomic E-state index is 0.0428. The quantitative estimate of drug-likeness (QED) is 0.800. The first-order chi connectivity index (χ1) is 10.9. The zero-order chi connectivity index (χ0) is 17.1. The first kappa shape index (κ1) is 17.0. The largest absolute Gasteiger partial charge is 0.383 e. The van der Waals surface area contributed by atoms with Crippen LogP contribution in [0.25, 0.3) is 11.3 Å². The zero-order valence-electron chi connectivity index (χ0n) is 11.5. The molecule has 0 spiro atoms. The van der Waals surface area contributed by atoms with E-state index < -0.39 is 24.5 Å². The van der Waals surface area contributed by atoms with Gasteiger partial charge in [0.15, 0.2) is 18.5 Å². The van der Waals surface area contributed by atoms with Crippen molar-refractivity contribution in [1.82, 2.24) is 9.78 Å². The van der Waals surface area contributed by atoms with Crippen LogP contribution < -0.4 is 5.73 Å². The predicted octanol–water partition coefficient (Wildman–Crippen LogP) is 3.11. The number of hydrogen-bond acceptors (Lipinski definition) is 4. The molecular weight excluding hydrogens is 377 g/mol. The second-order valence-corrected chi connectivity index (χ2v) is 5.49. The van der Waals surface area contributed by atoms with Gasteiger partial charge in [-0.15, -0.1) is 0 Å². The van der Waals surface area contributed by atoms with Crippen LogP contribution in [-0.4, -0.2) is 28.7 Å². The van der Waals surface area contributed by atoms with E-state index in [1.54, 1.807) is 30.3 Å². The molecule has 1 aromatic heterocycles. The molecule has 2 unspecified atom stereocenters. The summed E-state index contributed by atoms with van der Waals surface area (Å²) in [5.74, 6) is -0.416. The van der Waals surface area contributed by atoms with Crippen molar-refractivity contribution < 1.29 is 18.0 Å². The van der Waals surface area contributed by atoms with E-state index in [0.717, 1.165) is 4.47 Å². The number of hydrogen-bond donors (Lipinski definition) is 1. The van der Waals surface area contributed by atoms with Crippen molar-refractivity contribution in [3.05, 3.63) is 34.3 Å². The Labute approximate surface area is 137 Å². The van der Waals surface area contributed by atoms with Crippen molar-refractivity contribution in [2.24, 2.45) is 0 Å². The van der Waals surface area contributed by atoms with Gasteiger partial charge in [-0.05, 0) is 12.1 Å². The smallest absolute Gasteiger partial charge is 0.264 e. The number of alkyl halides is 3. The lowest BCUT2D eigenvalue weighted by Gasteiger charge is -2.18. The van der Waals surface area contributed by atoms with E-state index in [-0.39, 0.29) is 17.5 Å². The third kappa shape index (κ3) is 3.22. The summed E-state index contributed by atoms with van der Waals surface area (Å²) in [7, 11) is 0. The van der Waals surface area contributed by atoms with Crippen LogP contribution in [0.3, 0.4) is 0 Å². The monoisotopic (exact) mass is 386 g/mol. The van der Waals surface area contributed by atoms with Crippen LogP contribution >= 0.6 is 15.9 Å². The second-order valence-electron chi connectivity index (χ2n) is 4.58. The van der Waals surface area contributed by atoms with Gasteiger partial charge in [0.05, 0.1) is 0 Å². The van der Waals surface area contributed by atoms with E-state index >= 15 is 0 Å². The van der Waals surface area contributed by atoms with Crippen LogP contribution in [0.5, 0.6) is 0 Å². The van der Waals surface area contributed by atoms with Gasteiger partial charge in [-0.1, -0.05) is 28.1 Å². The first-order valence-corrected chi connectivity index (χ1v) is 7.11. The fraction of sp³-hybridized carbons (Fsp3) is 0.214. The average Bonchev–Trinajstić information content (AvgIpc) is 2.84. The summed E-state index contributed by atoms with van der Waals surface area (Å²) in [6.45, 7) is 0. The van der Waals surface area contributed by atoms with Crippen LogP contribution in [0, 0.1) is 11.3 Å². The number of carbonyl (C=O) groups is 1. The second kappa shape index (κ2) is 6.83. The highest BCUT2D eigenvalue weighted by Gasteiger charge is 2.35. The average molecular weight is 387 g/mol. The molecule has 0 fully saturated rings. The van der Waals surface area contributed by atoms with Crippen molar-refractivity contribution in [3.63, 3.8) is 0 Å². The highest BCUT2D eigenvalue weighted by atomic mass is 79.9. The Bertz CT molecular complexity index is 755. The fourth-order valence-corrected chi connectivity index (χ4v) is 2.32. The van der Waals surface area contributed by atoms with Crippen LogP contribution in [0.15, 0.2) is 28.7 Å². The van der Waals surface area contributed by atoms with Crippen molar-refractivity contribution in [3.8, 4) is 17.3 Å². The van der Waals surface area contributed by atoms with Gasteiger partial charge in [-0.3, -0.25) is 0 Å². The molecule has 2 N–H and O–H groups in total. The predicted molar refractivity (Wildman–Crippen MR) is 80.5 cm³/mol. The Balaban J connectivity index is 2.62. The SMILES string of the molecule is N#Cc1c(-c2ccc(Br)cc2)nn(C(C(F)F)C(F)C=O)c1N. The van der Waals surface area contributed by atoms with Crippen LogP contribution in [0.4, 0.5) is 19.0 Å². The van der Waals surface area contributed by atoms with E-state index in [4.69, 9.17) is 5.73 Å². The minimum atomic E-state index is -3.22. The number of aldehydes is 1. The number of rotatable bonds is 5. The number of benzene rings is 1. The maximum atomic E-state index is 13.6. The van der Waals surface area contributed by atoms with Gasteiger partial charge in [-0.2, -0.15) is 10.4 Å². The summed E-state index contributed by atoms with van der Waals surface area (Å²) in [6.07, 6.45) is -5.97. The van der Waals surface area contributed by atoms with Gasteiger partial charge in [0.25, 0.3) is 6.43 Å². The molecule has 2 rings (SSSR count). The molecule has 0 bridgehead atoms. The van der Waals surface area contributed by atoms with Crippen LogP contribution in [-0.2, 0) is 4.79 Å². The molecule has 1 aromatic carbocycles. The molecule has 120 valence electrons. The molecule has 0 aliphatic rings. The summed E-state index contributed by atoms with van der Waals surface area (Å²) in [4.78, 5) is 10.5. The molecule has 0 amide bonds. The molecule has 0 aliphatic carbocycles. The Kier molecular flexibility index (Phi) is 5.05. The van der Waals surface area contributed by atoms with Crippen molar-refractivity contribution in [2.75, 3.05) is 5.73 Å². The molecule has 5 nitrogen and oxygen atoms in total. The maximum Gasteiger partial charge on any atom is 0.264 e. The van der Waals surface area contributed by atoms with Gasteiger partial charge in [-0.25, -0.2) is 17.9 Å². The lowest BCUT2D eigenvalue weighted by molar-refractivity contribution is -0.115. The van der Waals surface area contributed by atoms with Crippen molar-refractivity contribution in [2.45, 2.75) is 18.6 Å². The number of anilines is 1. The summed E-state index contributed by atoms with van der Waals surface area (Å²) in [5, 5.41) is 13.0. The topological polar surface area (TPSA) is 84.7 Å². The number of nitrogen functional groups attached to an aromatic ring is 1. The van der Waals surface area contributed by atoms with Gasteiger partial charge in [0.2, 0.25) is 0 Å². The van der Waals surface area contributed by atoms with Crippen molar-refractivity contribution >= 4 is 28.0 Å². The molecule has 0 radical (unpaired) electrons. The Morgan fingerprint density at radius 1 is 1.30 bits per heavy atom. The molecular formula is C14H10BrF3N4O. The standard InChI is InChI=1S/C14H10BrF3N4O/c15-8-3-1-7(2-4-8)11-9(5-19)14(20)22(21-11)12(13(17)18)10(16)6-23/h1-4,6,10,12-13H,20H2. The summed E-state index contributed by atoms with van der Waals surface area (Å²) < 4.78 is 41.0. The summed E-state index contributed by atoms with van der Waals surface area (Å²) in [5.41, 5.74) is 6.00. The number of nitrogens with two attached hydrogens (primary N) is 1. The number of aromatic nitrogens is 2. The molecule has 1 heterocycles. The normalized spacial score (nSPS) is 13.6. The van der Waals surface area contributed by atoms with E-state index in [9.17, 15) is 23.2 Å². The number of halogens is 4. The Morgan fingerprint density at radius 2 is 1.91 bits per heavy atom. The van der Waals surface area contributed by atoms with Crippen LogP contribution in [0.2, 0.25) is 0 Å². The molecule has 9 heteroatoms. The Hall–Kier alpha value is -2.34. The lowest BCUT2D eigenvalue weighted by atomic mass is 10.1. The van der Waals surface area contributed by atoms with Gasteiger partial charge in [0.1, 0.15) is 23.1 Å². The zero-order valence-corrected chi connectivity index (χ0v) is 13.0. The highest BCUT2D eigenvalue weighted by Crippen LogP contribution is 2.32. The first-order valence-electron chi connectivity index (χ1n) is 6.32. The van der Waals surface area contributed by atoms with E-state index in [2.05, 4.69) is 21.0 Å². The molecule has 23 heavy (non-hydrogen) atoms. The van der Waals surface area contributed by atoms with Crippen molar-refractivity contribution in [1.29, 1.82) is 5.26 Å². The van der Waals surface area contributed by atoms with Crippen LogP contribution in [0.1, 0.15) is 11.6 Å². The molecule has 0 aliphatic heterocycles. The minimum Gasteiger partial charge on any atom is -0.383 e.